The Hall–Kier alpha value is -1.91. The highest BCUT2D eigenvalue weighted by Gasteiger charge is 2.16. The van der Waals surface area contributed by atoms with Gasteiger partial charge < -0.3 is 19.5 Å². The standard InChI is InChI=1S/C18H23NO3.ClH/c1-13(14-8-6-5-7-9-14)19-12-15-10-11-16(20-2)18(22-4)17(15)21-3;/h5-11,13,19H,12H2,1-4H3;1H. The zero-order chi connectivity index (χ0) is 15.9. The molecule has 2 aromatic carbocycles. The third-order valence-corrected chi connectivity index (χ3v) is 3.68. The lowest BCUT2D eigenvalue weighted by atomic mass is 10.1. The van der Waals surface area contributed by atoms with Gasteiger partial charge in [0.1, 0.15) is 0 Å². The van der Waals surface area contributed by atoms with Crippen molar-refractivity contribution in [3.05, 3.63) is 53.6 Å². The van der Waals surface area contributed by atoms with Gasteiger partial charge in [-0.15, -0.1) is 12.4 Å². The number of halogens is 1. The Kier molecular flexibility index (Phi) is 7.72. The molecular formula is C18H24ClNO3. The Labute approximate surface area is 144 Å². The first kappa shape index (κ1) is 19.1. The number of ether oxygens (including phenoxy) is 3. The van der Waals surface area contributed by atoms with Crippen molar-refractivity contribution in [2.24, 2.45) is 0 Å². The number of rotatable bonds is 7. The first-order valence-corrected chi connectivity index (χ1v) is 7.27. The molecule has 0 heterocycles. The molecule has 0 saturated carbocycles. The number of hydrogen-bond donors (Lipinski definition) is 1. The van der Waals surface area contributed by atoms with E-state index in [1.807, 2.05) is 30.3 Å². The first-order chi connectivity index (χ1) is 10.7. The van der Waals surface area contributed by atoms with Gasteiger partial charge >= 0.3 is 0 Å². The average Bonchev–Trinajstić information content (AvgIpc) is 2.59. The van der Waals surface area contributed by atoms with Gasteiger partial charge in [-0.05, 0) is 18.6 Å². The zero-order valence-electron chi connectivity index (χ0n) is 14.0. The van der Waals surface area contributed by atoms with Crippen LogP contribution in [-0.2, 0) is 6.54 Å². The van der Waals surface area contributed by atoms with Crippen molar-refractivity contribution in [2.75, 3.05) is 21.3 Å². The second-order valence-corrected chi connectivity index (χ2v) is 5.01. The highest BCUT2D eigenvalue weighted by molar-refractivity contribution is 5.85. The van der Waals surface area contributed by atoms with Crippen LogP contribution in [0.15, 0.2) is 42.5 Å². The third kappa shape index (κ3) is 4.53. The van der Waals surface area contributed by atoms with E-state index in [0.717, 1.165) is 5.56 Å². The van der Waals surface area contributed by atoms with Crippen molar-refractivity contribution < 1.29 is 14.2 Å². The summed E-state index contributed by atoms with van der Waals surface area (Å²) in [5.41, 5.74) is 2.28. The van der Waals surface area contributed by atoms with Crippen molar-refractivity contribution in [2.45, 2.75) is 19.5 Å². The monoisotopic (exact) mass is 337 g/mol. The molecule has 5 heteroatoms. The van der Waals surface area contributed by atoms with E-state index in [1.54, 1.807) is 21.3 Å². The maximum Gasteiger partial charge on any atom is 0.203 e. The fourth-order valence-corrected chi connectivity index (χ4v) is 2.43. The number of nitrogens with one attached hydrogen (secondary N) is 1. The van der Waals surface area contributed by atoms with Gasteiger partial charge in [0.05, 0.1) is 21.3 Å². The van der Waals surface area contributed by atoms with Crippen molar-refractivity contribution in [3.63, 3.8) is 0 Å². The molecule has 0 radical (unpaired) electrons. The van der Waals surface area contributed by atoms with Gasteiger partial charge in [0.25, 0.3) is 0 Å². The summed E-state index contributed by atoms with van der Waals surface area (Å²) in [6.07, 6.45) is 0. The van der Waals surface area contributed by atoms with Gasteiger partial charge in [0.15, 0.2) is 11.5 Å². The Morgan fingerprint density at radius 2 is 1.52 bits per heavy atom. The summed E-state index contributed by atoms with van der Waals surface area (Å²) in [4.78, 5) is 0. The van der Waals surface area contributed by atoms with E-state index in [0.29, 0.717) is 23.8 Å². The van der Waals surface area contributed by atoms with Crippen LogP contribution in [0.25, 0.3) is 0 Å². The van der Waals surface area contributed by atoms with E-state index in [4.69, 9.17) is 14.2 Å². The molecule has 2 aromatic rings. The van der Waals surface area contributed by atoms with Crippen LogP contribution in [0, 0.1) is 0 Å². The topological polar surface area (TPSA) is 39.7 Å². The van der Waals surface area contributed by atoms with E-state index in [9.17, 15) is 0 Å². The molecule has 126 valence electrons. The molecule has 0 fully saturated rings. The summed E-state index contributed by atoms with van der Waals surface area (Å²) in [5, 5.41) is 3.50. The smallest absolute Gasteiger partial charge is 0.203 e. The van der Waals surface area contributed by atoms with E-state index >= 15 is 0 Å². The quantitative estimate of drug-likeness (QED) is 0.829. The zero-order valence-corrected chi connectivity index (χ0v) is 14.8. The van der Waals surface area contributed by atoms with Crippen LogP contribution >= 0.6 is 12.4 Å². The Morgan fingerprint density at radius 1 is 0.870 bits per heavy atom. The summed E-state index contributed by atoms with van der Waals surface area (Å²) in [6.45, 7) is 2.82. The molecule has 2 rings (SSSR count). The molecule has 0 bridgehead atoms. The van der Waals surface area contributed by atoms with Crippen LogP contribution < -0.4 is 19.5 Å². The van der Waals surface area contributed by atoms with Crippen LogP contribution in [0.4, 0.5) is 0 Å². The molecule has 1 unspecified atom stereocenters. The molecule has 0 spiro atoms. The number of methoxy groups -OCH3 is 3. The molecule has 23 heavy (non-hydrogen) atoms. The normalized spacial score (nSPS) is 11.3. The molecule has 1 N–H and O–H groups in total. The highest BCUT2D eigenvalue weighted by Crippen LogP contribution is 2.39. The van der Waals surface area contributed by atoms with Crippen LogP contribution in [0.2, 0.25) is 0 Å². The third-order valence-electron chi connectivity index (χ3n) is 3.68. The van der Waals surface area contributed by atoms with Gasteiger partial charge in [-0.25, -0.2) is 0 Å². The largest absolute Gasteiger partial charge is 0.493 e. The molecule has 0 saturated heterocycles. The first-order valence-electron chi connectivity index (χ1n) is 7.27. The molecule has 4 nitrogen and oxygen atoms in total. The minimum absolute atomic E-state index is 0. The van der Waals surface area contributed by atoms with E-state index in [1.165, 1.54) is 5.56 Å². The van der Waals surface area contributed by atoms with Gasteiger partial charge in [0, 0.05) is 18.2 Å². The molecule has 0 aliphatic rings. The summed E-state index contributed by atoms with van der Waals surface area (Å²) in [6, 6.07) is 14.5. The Bertz CT molecular complexity index is 605. The predicted molar refractivity (Wildman–Crippen MR) is 95.0 cm³/mol. The molecule has 0 aromatic heterocycles. The number of hydrogen-bond acceptors (Lipinski definition) is 4. The Balaban J connectivity index is 0.00000264. The molecule has 0 amide bonds. The van der Waals surface area contributed by atoms with Crippen molar-refractivity contribution in [1.29, 1.82) is 0 Å². The lowest BCUT2D eigenvalue weighted by molar-refractivity contribution is 0.321. The second kappa shape index (κ2) is 9.28. The Morgan fingerprint density at radius 3 is 2.09 bits per heavy atom. The van der Waals surface area contributed by atoms with Crippen molar-refractivity contribution in [3.8, 4) is 17.2 Å². The van der Waals surface area contributed by atoms with Gasteiger partial charge in [0.2, 0.25) is 5.75 Å². The summed E-state index contributed by atoms with van der Waals surface area (Å²) >= 11 is 0. The lowest BCUT2D eigenvalue weighted by Crippen LogP contribution is -2.18. The van der Waals surface area contributed by atoms with E-state index in [2.05, 4.69) is 24.4 Å². The van der Waals surface area contributed by atoms with Gasteiger partial charge in [-0.1, -0.05) is 36.4 Å². The van der Waals surface area contributed by atoms with Crippen molar-refractivity contribution >= 4 is 12.4 Å². The van der Waals surface area contributed by atoms with Crippen LogP contribution in [0.3, 0.4) is 0 Å². The van der Waals surface area contributed by atoms with E-state index < -0.39 is 0 Å². The molecule has 1 atom stereocenters. The minimum atomic E-state index is 0. The molecule has 0 aliphatic carbocycles. The maximum absolute atomic E-state index is 5.50. The molecule has 0 aliphatic heterocycles. The summed E-state index contributed by atoms with van der Waals surface area (Å²) < 4.78 is 16.2. The van der Waals surface area contributed by atoms with Crippen LogP contribution in [-0.4, -0.2) is 21.3 Å². The van der Waals surface area contributed by atoms with Crippen LogP contribution in [0.5, 0.6) is 17.2 Å². The lowest BCUT2D eigenvalue weighted by Gasteiger charge is -2.18. The number of benzene rings is 2. The summed E-state index contributed by atoms with van der Waals surface area (Å²) in [7, 11) is 4.87. The SMILES string of the molecule is COc1ccc(CNC(C)c2ccccc2)c(OC)c1OC.Cl. The maximum atomic E-state index is 5.50. The van der Waals surface area contributed by atoms with Crippen LogP contribution in [0.1, 0.15) is 24.1 Å². The fraction of sp³-hybridized carbons (Fsp3) is 0.333. The fourth-order valence-electron chi connectivity index (χ4n) is 2.43. The van der Waals surface area contributed by atoms with Crippen molar-refractivity contribution in [1.82, 2.24) is 5.32 Å². The minimum Gasteiger partial charge on any atom is -0.493 e. The second-order valence-electron chi connectivity index (χ2n) is 5.01. The molecular weight excluding hydrogens is 314 g/mol. The van der Waals surface area contributed by atoms with Gasteiger partial charge in [-0.3, -0.25) is 0 Å². The average molecular weight is 338 g/mol. The van der Waals surface area contributed by atoms with Gasteiger partial charge in [-0.2, -0.15) is 0 Å². The highest BCUT2D eigenvalue weighted by atomic mass is 35.5. The summed E-state index contributed by atoms with van der Waals surface area (Å²) in [5.74, 6) is 1.99. The predicted octanol–water partition coefficient (Wildman–Crippen LogP) is 3.99. The van der Waals surface area contributed by atoms with E-state index in [-0.39, 0.29) is 18.4 Å².